The minimum absolute atomic E-state index is 0.0129. The van der Waals surface area contributed by atoms with Gasteiger partial charge in [0, 0.05) is 4.47 Å². The van der Waals surface area contributed by atoms with Gasteiger partial charge in [0.25, 0.3) is 10.0 Å². The van der Waals surface area contributed by atoms with Crippen LogP contribution in [-0.2, 0) is 19.5 Å². The van der Waals surface area contributed by atoms with E-state index in [1.165, 1.54) is 44.6 Å². The molecule has 7 nitrogen and oxygen atoms in total. The summed E-state index contributed by atoms with van der Waals surface area (Å²) < 4.78 is 37.2. The molecule has 2 aromatic rings. The number of benzene rings is 2. The third-order valence-corrected chi connectivity index (χ3v) is 5.08. The van der Waals surface area contributed by atoms with E-state index >= 15 is 0 Å². The second kappa shape index (κ2) is 7.66. The summed E-state index contributed by atoms with van der Waals surface area (Å²) in [5, 5.41) is 0. The van der Waals surface area contributed by atoms with Crippen LogP contribution in [0.25, 0.3) is 0 Å². The highest BCUT2D eigenvalue weighted by Crippen LogP contribution is 2.22. The van der Waals surface area contributed by atoms with Crippen molar-refractivity contribution in [1.29, 1.82) is 0 Å². The molecule has 9 heteroatoms. The zero-order chi connectivity index (χ0) is 18.6. The van der Waals surface area contributed by atoms with Crippen LogP contribution in [0.4, 0.5) is 5.69 Å². The minimum atomic E-state index is -3.90. The number of anilines is 1. The van der Waals surface area contributed by atoms with E-state index in [1.807, 2.05) is 0 Å². The van der Waals surface area contributed by atoms with E-state index in [4.69, 9.17) is 0 Å². The van der Waals surface area contributed by atoms with Gasteiger partial charge < -0.3 is 9.47 Å². The van der Waals surface area contributed by atoms with Crippen LogP contribution in [-0.4, -0.2) is 34.6 Å². The smallest absolute Gasteiger partial charge is 0.337 e. The lowest BCUT2D eigenvalue weighted by atomic mass is 10.1. The van der Waals surface area contributed by atoms with Gasteiger partial charge in [0.1, 0.15) is 0 Å². The lowest BCUT2D eigenvalue weighted by Crippen LogP contribution is -2.15. The van der Waals surface area contributed by atoms with Gasteiger partial charge in [0.15, 0.2) is 0 Å². The SMILES string of the molecule is COC(=O)c1cc(NS(=O)(=O)c2ccc(Br)cc2)cc(C(=O)OC)c1. The number of ether oxygens (including phenoxy) is 2. The average Bonchev–Trinajstić information content (AvgIpc) is 2.59. The predicted octanol–water partition coefficient (Wildman–Crippen LogP) is 2.82. The van der Waals surface area contributed by atoms with Crippen LogP contribution in [0.3, 0.4) is 0 Å². The Morgan fingerprint density at radius 2 is 1.40 bits per heavy atom. The van der Waals surface area contributed by atoms with E-state index in [-0.39, 0.29) is 21.7 Å². The first-order valence-corrected chi connectivity index (χ1v) is 9.14. The summed E-state index contributed by atoms with van der Waals surface area (Å²) in [6.45, 7) is 0. The Kier molecular flexibility index (Phi) is 5.81. The van der Waals surface area contributed by atoms with E-state index in [9.17, 15) is 18.0 Å². The second-order valence-electron chi connectivity index (χ2n) is 4.84. The van der Waals surface area contributed by atoms with E-state index < -0.39 is 22.0 Å². The first-order valence-electron chi connectivity index (χ1n) is 6.87. The maximum absolute atomic E-state index is 12.5. The molecule has 0 aliphatic carbocycles. The second-order valence-corrected chi connectivity index (χ2v) is 7.44. The number of rotatable bonds is 5. The van der Waals surface area contributed by atoms with Crippen molar-refractivity contribution in [1.82, 2.24) is 0 Å². The fourth-order valence-electron chi connectivity index (χ4n) is 1.99. The fourth-order valence-corrected chi connectivity index (χ4v) is 3.29. The fraction of sp³-hybridized carbons (Fsp3) is 0.125. The first kappa shape index (κ1) is 18.9. The van der Waals surface area contributed by atoms with Gasteiger partial charge in [-0.15, -0.1) is 0 Å². The van der Waals surface area contributed by atoms with Crippen molar-refractivity contribution in [3.8, 4) is 0 Å². The minimum Gasteiger partial charge on any atom is -0.465 e. The van der Waals surface area contributed by atoms with Gasteiger partial charge in [-0.3, -0.25) is 4.72 Å². The van der Waals surface area contributed by atoms with Crippen LogP contribution >= 0.6 is 15.9 Å². The molecule has 0 radical (unpaired) electrons. The van der Waals surface area contributed by atoms with Crippen LogP contribution in [0.15, 0.2) is 51.8 Å². The van der Waals surface area contributed by atoms with Crippen molar-refractivity contribution in [3.63, 3.8) is 0 Å². The molecule has 0 fully saturated rings. The molecule has 0 atom stereocenters. The maximum Gasteiger partial charge on any atom is 0.337 e. The van der Waals surface area contributed by atoms with Gasteiger partial charge in [-0.2, -0.15) is 0 Å². The summed E-state index contributed by atoms with van der Waals surface area (Å²) in [7, 11) is -1.54. The molecule has 0 heterocycles. The Hall–Kier alpha value is -2.39. The van der Waals surface area contributed by atoms with Crippen molar-refractivity contribution < 1.29 is 27.5 Å². The molecule has 0 aliphatic rings. The quantitative estimate of drug-likeness (QED) is 0.736. The van der Waals surface area contributed by atoms with Gasteiger partial charge in [-0.1, -0.05) is 15.9 Å². The van der Waals surface area contributed by atoms with Crippen LogP contribution in [0.1, 0.15) is 20.7 Å². The Morgan fingerprint density at radius 1 is 0.920 bits per heavy atom. The van der Waals surface area contributed by atoms with Gasteiger partial charge in [0.2, 0.25) is 0 Å². The number of sulfonamides is 1. The lowest BCUT2D eigenvalue weighted by molar-refractivity contribution is 0.0599. The molecule has 0 spiro atoms. The summed E-state index contributed by atoms with van der Waals surface area (Å²) in [6.07, 6.45) is 0. The Balaban J connectivity index is 2.45. The number of halogens is 1. The highest BCUT2D eigenvalue weighted by Gasteiger charge is 2.18. The summed E-state index contributed by atoms with van der Waals surface area (Å²) in [5.74, 6) is -1.43. The number of carbonyl (C=O) groups excluding carboxylic acids is 2. The van der Waals surface area contributed by atoms with E-state index in [1.54, 1.807) is 12.1 Å². The highest BCUT2D eigenvalue weighted by atomic mass is 79.9. The molecule has 1 N–H and O–H groups in total. The third-order valence-electron chi connectivity index (χ3n) is 3.15. The van der Waals surface area contributed by atoms with E-state index in [0.717, 1.165) is 4.47 Å². The maximum atomic E-state index is 12.5. The summed E-state index contributed by atoms with van der Waals surface area (Å²) in [4.78, 5) is 23.5. The molecule has 0 bridgehead atoms. The molecule has 0 aliphatic heterocycles. The van der Waals surface area contributed by atoms with Crippen molar-refractivity contribution >= 4 is 43.6 Å². The lowest BCUT2D eigenvalue weighted by Gasteiger charge is -2.11. The molecule has 2 rings (SSSR count). The van der Waals surface area contributed by atoms with Crippen molar-refractivity contribution in [2.75, 3.05) is 18.9 Å². The molecular weight excluding hydrogens is 414 g/mol. The molecule has 25 heavy (non-hydrogen) atoms. The van der Waals surface area contributed by atoms with Gasteiger partial charge in [-0.25, -0.2) is 18.0 Å². The number of nitrogens with one attached hydrogen (secondary N) is 1. The Morgan fingerprint density at radius 3 is 1.84 bits per heavy atom. The van der Waals surface area contributed by atoms with Crippen LogP contribution in [0.5, 0.6) is 0 Å². The van der Waals surface area contributed by atoms with E-state index in [0.29, 0.717) is 0 Å². The monoisotopic (exact) mass is 427 g/mol. The standard InChI is InChI=1S/C16H14BrNO6S/c1-23-15(19)10-7-11(16(20)24-2)9-13(8-10)18-25(21,22)14-5-3-12(17)4-6-14/h3-9,18H,1-2H3. The highest BCUT2D eigenvalue weighted by molar-refractivity contribution is 9.10. The number of methoxy groups -OCH3 is 2. The van der Waals surface area contributed by atoms with Crippen molar-refractivity contribution in [2.45, 2.75) is 4.90 Å². The van der Waals surface area contributed by atoms with Gasteiger partial charge in [-0.05, 0) is 42.5 Å². The number of hydrogen-bond donors (Lipinski definition) is 1. The number of carbonyl (C=O) groups is 2. The molecule has 2 aromatic carbocycles. The largest absolute Gasteiger partial charge is 0.465 e. The van der Waals surface area contributed by atoms with Gasteiger partial charge in [0.05, 0.1) is 35.9 Å². The van der Waals surface area contributed by atoms with Crippen molar-refractivity contribution in [2.24, 2.45) is 0 Å². The molecular formula is C16H14BrNO6S. The predicted molar refractivity (Wildman–Crippen MR) is 94.1 cm³/mol. The summed E-state index contributed by atoms with van der Waals surface area (Å²) in [5.41, 5.74) is 0.0593. The molecule has 0 amide bonds. The van der Waals surface area contributed by atoms with Crippen LogP contribution < -0.4 is 4.72 Å². The first-order chi connectivity index (χ1) is 11.8. The molecule has 0 saturated heterocycles. The summed E-state index contributed by atoms with van der Waals surface area (Å²) >= 11 is 3.23. The van der Waals surface area contributed by atoms with Gasteiger partial charge >= 0.3 is 11.9 Å². The normalized spacial score (nSPS) is 10.8. The molecule has 0 saturated carbocycles. The zero-order valence-electron chi connectivity index (χ0n) is 13.3. The topological polar surface area (TPSA) is 98.8 Å². The molecule has 132 valence electrons. The molecule has 0 aromatic heterocycles. The Bertz CT molecular complexity index is 874. The van der Waals surface area contributed by atoms with Crippen LogP contribution in [0, 0.1) is 0 Å². The number of esters is 2. The third kappa shape index (κ3) is 4.58. The average molecular weight is 428 g/mol. The van der Waals surface area contributed by atoms with Crippen LogP contribution in [0.2, 0.25) is 0 Å². The number of hydrogen-bond acceptors (Lipinski definition) is 6. The summed E-state index contributed by atoms with van der Waals surface area (Å²) in [6, 6.07) is 9.80. The van der Waals surface area contributed by atoms with Crippen molar-refractivity contribution in [3.05, 3.63) is 58.1 Å². The van der Waals surface area contributed by atoms with E-state index in [2.05, 4.69) is 30.1 Å². The molecule has 0 unspecified atom stereocenters. The zero-order valence-corrected chi connectivity index (χ0v) is 15.7. The Labute approximate surface area is 153 Å².